The van der Waals surface area contributed by atoms with Crippen LogP contribution in [0, 0.1) is 0 Å². The van der Waals surface area contributed by atoms with Crippen LogP contribution in [0.3, 0.4) is 0 Å². The molecule has 0 aliphatic heterocycles. The van der Waals surface area contributed by atoms with Crippen LogP contribution in [0.2, 0.25) is 0 Å². The minimum absolute atomic E-state index is 0.491. The van der Waals surface area contributed by atoms with Crippen LogP contribution in [0.25, 0.3) is 0 Å². The van der Waals surface area contributed by atoms with E-state index >= 15 is 0 Å². The van der Waals surface area contributed by atoms with E-state index in [1.54, 1.807) is 0 Å². The fourth-order valence-corrected chi connectivity index (χ4v) is 3.32. The van der Waals surface area contributed by atoms with Gasteiger partial charge in [-0.3, -0.25) is 9.46 Å². The minimum atomic E-state index is -2.89. The van der Waals surface area contributed by atoms with Crippen molar-refractivity contribution >= 4 is 18.0 Å². The smallest absolute Gasteiger partial charge is 0.252 e. The zero-order chi connectivity index (χ0) is 11.4. The van der Waals surface area contributed by atoms with Gasteiger partial charge in [0.15, 0.2) is 0 Å². The first-order valence-corrected chi connectivity index (χ1v) is 8.64. The zero-order valence-electron chi connectivity index (χ0n) is 9.73. The Hall–Kier alpha value is 0.500. The van der Waals surface area contributed by atoms with Crippen LogP contribution in [0.1, 0.15) is 27.7 Å². The summed E-state index contributed by atoms with van der Waals surface area (Å²) in [5.41, 5.74) is 0. The molecule has 0 spiro atoms. The lowest BCUT2D eigenvalue weighted by atomic mass is 10.2. The van der Waals surface area contributed by atoms with E-state index in [4.69, 9.17) is 4.89 Å². The Morgan fingerprint density at radius 3 is 2.00 bits per heavy atom. The van der Waals surface area contributed by atoms with Crippen molar-refractivity contribution in [3.8, 4) is 0 Å². The molecule has 0 bridgehead atoms. The van der Waals surface area contributed by atoms with Crippen molar-refractivity contribution in [1.82, 2.24) is 4.90 Å². The van der Waals surface area contributed by atoms with Crippen molar-refractivity contribution in [2.24, 2.45) is 0 Å². The second kappa shape index (κ2) is 6.16. The standard InChI is InChI=1S/C9H22NO2PS/c1-8(2)10(9(3)4)6-7-14-13(5,11)12/h8-9H,6-7H2,1-5H3,(H,11,12). The van der Waals surface area contributed by atoms with Crippen LogP contribution < -0.4 is 0 Å². The lowest BCUT2D eigenvalue weighted by Crippen LogP contribution is -2.38. The van der Waals surface area contributed by atoms with Crippen molar-refractivity contribution in [2.75, 3.05) is 19.0 Å². The van der Waals surface area contributed by atoms with Crippen LogP contribution in [-0.4, -0.2) is 40.8 Å². The van der Waals surface area contributed by atoms with Gasteiger partial charge in [-0.2, -0.15) is 0 Å². The summed E-state index contributed by atoms with van der Waals surface area (Å²) in [7, 11) is 0. The summed E-state index contributed by atoms with van der Waals surface area (Å²) in [6, 6.07) is 0.982. The molecule has 0 aliphatic carbocycles. The van der Waals surface area contributed by atoms with Crippen LogP contribution in [0.4, 0.5) is 0 Å². The minimum Gasteiger partial charge on any atom is -0.337 e. The number of hydrogen-bond donors (Lipinski definition) is 1. The molecule has 14 heavy (non-hydrogen) atoms. The van der Waals surface area contributed by atoms with Gasteiger partial charge in [0, 0.05) is 31.0 Å². The molecule has 1 N–H and O–H groups in total. The van der Waals surface area contributed by atoms with Crippen molar-refractivity contribution < 1.29 is 9.46 Å². The summed E-state index contributed by atoms with van der Waals surface area (Å²) >= 11 is 1.17. The fourth-order valence-electron chi connectivity index (χ4n) is 1.43. The van der Waals surface area contributed by atoms with Gasteiger partial charge in [-0.1, -0.05) is 11.4 Å². The molecule has 0 rings (SSSR count). The molecule has 3 nitrogen and oxygen atoms in total. The quantitative estimate of drug-likeness (QED) is 0.723. The molecular formula is C9H22NO2PS. The largest absolute Gasteiger partial charge is 0.337 e. The fraction of sp³-hybridized carbons (Fsp3) is 1.00. The Balaban J connectivity index is 3.90. The summed E-state index contributed by atoms with van der Waals surface area (Å²) in [4.78, 5) is 11.4. The SMILES string of the molecule is CC(C)N(CCSP(C)(=O)O)C(C)C. The highest BCUT2D eigenvalue weighted by molar-refractivity contribution is 8.56. The number of hydrogen-bond acceptors (Lipinski definition) is 3. The predicted molar refractivity (Wildman–Crippen MR) is 65.2 cm³/mol. The lowest BCUT2D eigenvalue weighted by Gasteiger charge is -2.30. The molecule has 0 heterocycles. The Bertz CT molecular complexity index is 195. The lowest BCUT2D eigenvalue weighted by molar-refractivity contribution is 0.187. The van der Waals surface area contributed by atoms with Gasteiger partial charge >= 0.3 is 0 Å². The van der Waals surface area contributed by atoms with Gasteiger partial charge in [0.2, 0.25) is 0 Å². The predicted octanol–water partition coefficient (Wildman–Crippen LogP) is 2.65. The molecule has 0 radical (unpaired) electrons. The van der Waals surface area contributed by atoms with E-state index in [0.29, 0.717) is 12.1 Å². The molecular weight excluding hydrogens is 217 g/mol. The molecule has 0 aromatic carbocycles. The summed E-state index contributed by atoms with van der Waals surface area (Å²) in [6.45, 7) is 7.97. The summed E-state index contributed by atoms with van der Waals surface area (Å²) < 4.78 is 11.0. The summed E-state index contributed by atoms with van der Waals surface area (Å²) in [6.07, 6.45) is 0. The van der Waals surface area contributed by atoms with E-state index in [1.165, 1.54) is 18.0 Å². The van der Waals surface area contributed by atoms with Gasteiger partial charge in [0.25, 0.3) is 6.57 Å². The van der Waals surface area contributed by atoms with Crippen LogP contribution in [0.15, 0.2) is 0 Å². The van der Waals surface area contributed by atoms with Crippen LogP contribution >= 0.6 is 18.0 Å². The van der Waals surface area contributed by atoms with Crippen LogP contribution in [0.5, 0.6) is 0 Å². The Morgan fingerprint density at radius 1 is 1.29 bits per heavy atom. The van der Waals surface area contributed by atoms with Crippen molar-refractivity contribution in [3.05, 3.63) is 0 Å². The second-order valence-electron chi connectivity index (χ2n) is 4.06. The van der Waals surface area contributed by atoms with Crippen LogP contribution in [-0.2, 0) is 4.57 Å². The van der Waals surface area contributed by atoms with Gasteiger partial charge in [0.1, 0.15) is 0 Å². The maximum atomic E-state index is 11.0. The molecule has 86 valence electrons. The first-order chi connectivity index (χ1) is 6.24. The van der Waals surface area contributed by atoms with E-state index in [0.717, 1.165) is 12.3 Å². The van der Waals surface area contributed by atoms with Gasteiger partial charge in [-0.05, 0) is 27.7 Å². The average Bonchev–Trinajstić information content (AvgIpc) is 1.94. The first kappa shape index (κ1) is 14.5. The number of rotatable bonds is 6. The van der Waals surface area contributed by atoms with Gasteiger partial charge in [-0.15, -0.1) is 0 Å². The third-order valence-electron chi connectivity index (χ3n) is 2.01. The Labute approximate surface area is 91.5 Å². The van der Waals surface area contributed by atoms with Gasteiger partial charge < -0.3 is 4.89 Å². The molecule has 0 aromatic rings. The van der Waals surface area contributed by atoms with E-state index < -0.39 is 6.57 Å². The highest BCUT2D eigenvalue weighted by Gasteiger charge is 2.15. The van der Waals surface area contributed by atoms with E-state index in [2.05, 4.69) is 32.6 Å². The maximum Gasteiger partial charge on any atom is 0.252 e. The second-order valence-corrected chi connectivity index (χ2v) is 9.14. The Kier molecular flexibility index (Phi) is 6.38. The molecule has 0 saturated carbocycles. The molecule has 5 heteroatoms. The topological polar surface area (TPSA) is 40.5 Å². The highest BCUT2D eigenvalue weighted by Crippen LogP contribution is 2.50. The monoisotopic (exact) mass is 239 g/mol. The van der Waals surface area contributed by atoms with Crippen molar-refractivity contribution in [3.63, 3.8) is 0 Å². The van der Waals surface area contributed by atoms with Crippen molar-refractivity contribution in [1.29, 1.82) is 0 Å². The van der Waals surface area contributed by atoms with E-state index in [1.807, 2.05) is 0 Å². The molecule has 0 aliphatic rings. The molecule has 0 fully saturated rings. The molecule has 0 aromatic heterocycles. The van der Waals surface area contributed by atoms with Gasteiger partial charge in [-0.25, -0.2) is 0 Å². The molecule has 1 atom stereocenters. The summed E-state index contributed by atoms with van der Waals surface area (Å²) in [5, 5.41) is 0. The number of nitrogens with zero attached hydrogens (tertiary/aromatic N) is 1. The first-order valence-electron chi connectivity index (χ1n) is 4.94. The van der Waals surface area contributed by atoms with Crippen molar-refractivity contribution in [2.45, 2.75) is 39.8 Å². The third-order valence-corrected chi connectivity index (χ3v) is 4.84. The normalized spacial score (nSPS) is 16.6. The van der Waals surface area contributed by atoms with E-state index in [9.17, 15) is 4.57 Å². The van der Waals surface area contributed by atoms with E-state index in [-0.39, 0.29) is 0 Å². The van der Waals surface area contributed by atoms with Gasteiger partial charge in [0.05, 0.1) is 0 Å². The zero-order valence-corrected chi connectivity index (χ0v) is 11.4. The summed E-state index contributed by atoms with van der Waals surface area (Å²) in [5.74, 6) is 0.723. The highest BCUT2D eigenvalue weighted by atomic mass is 32.7. The average molecular weight is 239 g/mol. The third kappa shape index (κ3) is 6.88. The maximum absolute atomic E-state index is 11.0. The molecule has 1 unspecified atom stereocenters. The molecule has 0 saturated heterocycles. The molecule has 0 amide bonds. The Morgan fingerprint density at radius 2 is 1.71 bits per heavy atom.